The lowest BCUT2D eigenvalue weighted by Gasteiger charge is -2.39. The number of carbonyl (C=O) groups excluding carboxylic acids is 1. The van der Waals surface area contributed by atoms with Crippen molar-refractivity contribution in [2.75, 3.05) is 12.0 Å². The van der Waals surface area contributed by atoms with Gasteiger partial charge in [0.25, 0.3) is 0 Å². The number of nitrogens with zero attached hydrogens (tertiary/aromatic N) is 1. The number of halogens is 3. The first kappa shape index (κ1) is 20.5. The number of anilines is 1. The lowest BCUT2D eigenvalue weighted by Crippen LogP contribution is -2.55. The molecule has 27 heavy (non-hydrogen) atoms. The number of amides is 1. The van der Waals surface area contributed by atoms with Gasteiger partial charge in [0.1, 0.15) is 5.75 Å². The van der Waals surface area contributed by atoms with Gasteiger partial charge in [-0.25, -0.2) is 0 Å². The number of alkyl halides is 3. The highest BCUT2D eigenvalue weighted by molar-refractivity contribution is 5.98. The van der Waals surface area contributed by atoms with E-state index in [1.165, 1.54) is 44.4 Å². The normalized spacial score (nSPS) is 13.5. The van der Waals surface area contributed by atoms with Gasteiger partial charge in [0.2, 0.25) is 0 Å². The van der Waals surface area contributed by atoms with E-state index in [1.54, 1.807) is 24.3 Å². The second-order valence-electron chi connectivity index (χ2n) is 5.87. The summed E-state index contributed by atoms with van der Waals surface area (Å²) >= 11 is 0. The Labute approximate surface area is 155 Å². The highest BCUT2D eigenvalue weighted by Gasteiger charge is 2.49. The Hall–Kier alpha value is -2.80. The highest BCUT2D eigenvalue weighted by atomic mass is 19.4. The van der Waals surface area contributed by atoms with Crippen LogP contribution in [-0.2, 0) is 16.1 Å². The van der Waals surface area contributed by atoms with E-state index in [1.807, 2.05) is 6.07 Å². The van der Waals surface area contributed by atoms with E-state index in [0.29, 0.717) is 10.6 Å². The standard InChI is InChI=1S/C20H20F3NO3/c1-4-19(2,27-14-15-8-6-5-7-9-15)24(18(25)20(21,22)23)16-10-12-17(26-3)13-11-16/h4-13H,1,14H2,2-3H3/t19-/m1/s1. The van der Waals surface area contributed by atoms with E-state index < -0.39 is 17.8 Å². The third-order valence-electron chi connectivity index (χ3n) is 3.97. The van der Waals surface area contributed by atoms with E-state index in [0.717, 1.165) is 5.56 Å². The summed E-state index contributed by atoms with van der Waals surface area (Å²) in [5.41, 5.74) is -0.967. The molecular formula is C20H20F3NO3. The molecule has 0 saturated heterocycles. The summed E-state index contributed by atoms with van der Waals surface area (Å²) in [7, 11) is 1.43. The molecule has 2 aromatic rings. The zero-order chi connectivity index (χ0) is 20.1. The first-order valence-electron chi connectivity index (χ1n) is 8.08. The topological polar surface area (TPSA) is 38.8 Å². The quantitative estimate of drug-likeness (QED) is 0.517. The van der Waals surface area contributed by atoms with Gasteiger partial charge in [-0.2, -0.15) is 13.2 Å². The zero-order valence-electron chi connectivity index (χ0n) is 15.0. The average molecular weight is 379 g/mol. The Morgan fingerprint density at radius 1 is 1.11 bits per heavy atom. The summed E-state index contributed by atoms with van der Waals surface area (Å²) in [4.78, 5) is 12.7. The van der Waals surface area contributed by atoms with E-state index >= 15 is 0 Å². The minimum Gasteiger partial charge on any atom is -0.497 e. The number of methoxy groups -OCH3 is 1. The van der Waals surface area contributed by atoms with Crippen LogP contribution >= 0.6 is 0 Å². The van der Waals surface area contributed by atoms with Crippen LogP contribution in [0.2, 0.25) is 0 Å². The fraction of sp³-hybridized carbons (Fsp3) is 0.250. The predicted molar refractivity (Wildman–Crippen MR) is 96.4 cm³/mol. The Bertz CT molecular complexity index is 775. The van der Waals surface area contributed by atoms with Crippen molar-refractivity contribution in [3.63, 3.8) is 0 Å². The molecule has 2 aromatic carbocycles. The largest absolute Gasteiger partial charge is 0.497 e. The van der Waals surface area contributed by atoms with Crippen molar-refractivity contribution in [3.8, 4) is 5.75 Å². The van der Waals surface area contributed by atoms with Crippen LogP contribution < -0.4 is 9.64 Å². The molecule has 0 aliphatic carbocycles. The fourth-order valence-electron chi connectivity index (χ4n) is 2.45. The van der Waals surface area contributed by atoms with Gasteiger partial charge >= 0.3 is 12.1 Å². The number of hydrogen-bond donors (Lipinski definition) is 0. The minimum atomic E-state index is -5.08. The molecule has 4 nitrogen and oxygen atoms in total. The van der Waals surface area contributed by atoms with Crippen molar-refractivity contribution in [1.82, 2.24) is 0 Å². The van der Waals surface area contributed by atoms with Crippen LogP contribution in [0.15, 0.2) is 67.3 Å². The summed E-state index contributed by atoms with van der Waals surface area (Å²) in [6.45, 7) is 4.94. The molecule has 1 amide bonds. The molecule has 0 aliphatic rings. The van der Waals surface area contributed by atoms with Crippen LogP contribution in [0, 0.1) is 0 Å². The number of ether oxygens (including phenoxy) is 2. The molecule has 0 radical (unpaired) electrons. The Kier molecular flexibility index (Phi) is 6.28. The van der Waals surface area contributed by atoms with Gasteiger partial charge in [-0.15, -0.1) is 0 Å². The monoisotopic (exact) mass is 379 g/mol. The van der Waals surface area contributed by atoms with Crippen molar-refractivity contribution in [3.05, 3.63) is 72.8 Å². The molecule has 0 fully saturated rings. The molecule has 0 unspecified atom stereocenters. The molecule has 0 aliphatic heterocycles. The fourth-order valence-corrected chi connectivity index (χ4v) is 2.45. The summed E-state index contributed by atoms with van der Waals surface area (Å²) in [6.07, 6.45) is -3.91. The van der Waals surface area contributed by atoms with E-state index in [-0.39, 0.29) is 12.3 Å². The molecule has 1 atom stereocenters. The van der Waals surface area contributed by atoms with Crippen molar-refractivity contribution in [2.24, 2.45) is 0 Å². The lowest BCUT2D eigenvalue weighted by molar-refractivity contribution is -0.175. The second kappa shape index (κ2) is 8.26. The minimum absolute atomic E-state index is 0.00114. The van der Waals surface area contributed by atoms with E-state index in [2.05, 4.69) is 6.58 Å². The smallest absolute Gasteiger partial charge is 0.471 e. The maximum Gasteiger partial charge on any atom is 0.471 e. The van der Waals surface area contributed by atoms with Crippen LogP contribution in [0.4, 0.5) is 18.9 Å². The number of carbonyl (C=O) groups is 1. The molecule has 0 N–H and O–H groups in total. The van der Waals surface area contributed by atoms with Crippen molar-refractivity contribution in [2.45, 2.75) is 25.4 Å². The maximum atomic E-state index is 13.3. The molecule has 2 rings (SSSR count). The van der Waals surface area contributed by atoms with Gasteiger partial charge in [-0.05, 0) is 42.8 Å². The maximum absolute atomic E-state index is 13.3. The van der Waals surface area contributed by atoms with E-state index in [9.17, 15) is 18.0 Å². The molecule has 0 aromatic heterocycles. The van der Waals surface area contributed by atoms with Crippen LogP contribution in [-0.4, -0.2) is 24.9 Å². The Morgan fingerprint density at radius 3 is 2.19 bits per heavy atom. The van der Waals surface area contributed by atoms with Gasteiger partial charge in [0, 0.05) is 5.69 Å². The van der Waals surface area contributed by atoms with Gasteiger partial charge < -0.3 is 9.47 Å². The third-order valence-corrected chi connectivity index (χ3v) is 3.97. The zero-order valence-corrected chi connectivity index (χ0v) is 15.0. The average Bonchev–Trinajstić information content (AvgIpc) is 2.67. The van der Waals surface area contributed by atoms with Gasteiger partial charge in [-0.1, -0.05) is 36.9 Å². The lowest BCUT2D eigenvalue weighted by atomic mass is 10.1. The van der Waals surface area contributed by atoms with Crippen molar-refractivity contribution in [1.29, 1.82) is 0 Å². The Morgan fingerprint density at radius 2 is 1.70 bits per heavy atom. The molecule has 144 valence electrons. The van der Waals surface area contributed by atoms with Crippen LogP contribution in [0.25, 0.3) is 0 Å². The molecule has 0 heterocycles. The summed E-state index contributed by atoms with van der Waals surface area (Å²) in [6, 6.07) is 14.6. The molecule has 7 heteroatoms. The van der Waals surface area contributed by atoms with Gasteiger partial charge in [-0.3, -0.25) is 9.69 Å². The molecule has 0 spiro atoms. The van der Waals surface area contributed by atoms with Crippen LogP contribution in [0.5, 0.6) is 5.75 Å². The number of rotatable bonds is 7. The third kappa shape index (κ3) is 4.89. The van der Waals surface area contributed by atoms with Crippen molar-refractivity contribution >= 4 is 11.6 Å². The molecular weight excluding hydrogens is 359 g/mol. The van der Waals surface area contributed by atoms with Crippen LogP contribution in [0.1, 0.15) is 12.5 Å². The second-order valence-corrected chi connectivity index (χ2v) is 5.87. The summed E-state index contributed by atoms with van der Waals surface area (Å²) < 4.78 is 50.5. The van der Waals surface area contributed by atoms with Crippen molar-refractivity contribution < 1.29 is 27.4 Å². The Balaban J connectivity index is 2.41. The van der Waals surface area contributed by atoms with E-state index in [4.69, 9.17) is 9.47 Å². The summed E-state index contributed by atoms with van der Waals surface area (Å²) in [5.74, 6) is -1.60. The summed E-state index contributed by atoms with van der Waals surface area (Å²) in [5, 5.41) is 0. The predicted octanol–water partition coefficient (Wildman–Crippen LogP) is 4.71. The van der Waals surface area contributed by atoms with Gasteiger partial charge in [0.05, 0.1) is 13.7 Å². The first-order chi connectivity index (χ1) is 12.7. The number of hydrogen-bond acceptors (Lipinski definition) is 3. The van der Waals surface area contributed by atoms with Crippen LogP contribution in [0.3, 0.4) is 0 Å². The number of benzene rings is 2. The first-order valence-corrected chi connectivity index (χ1v) is 8.08. The highest BCUT2D eigenvalue weighted by Crippen LogP contribution is 2.33. The molecule has 0 bridgehead atoms. The van der Waals surface area contributed by atoms with Gasteiger partial charge in [0.15, 0.2) is 5.72 Å². The SMILES string of the molecule is C=C[C@@](C)(OCc1ccccc1)N(C(=O)C(F)(F)F)c1ccc(OC)cc1. The molecule has 0 saturated carbocycles.